The van der Waals surface area contributed by atoms with Gasteiger partial charge in [-0.15, -0.1) is 0 Å². The standard InChI is InChI=1S/C13H8Cl4O/c14-9-2-7(6-18)1-8(3-9)11-4-10(15)5-12(16)13(11)17/h1-5,18H,6H2. The summed E-state index contributed by atoms with van der Waals surface area (Å²) in [6.07, 6.45) is 0. The normalized spacial score (nSPS) is 10.7. The lowest BCUT2D eigenvalue weighted by atomic mass is 10.0. The number of aliphatic hydroxyl groups excluding tert-OH is 1. The molecule has 0 saturated carbocycles. The Morgan fingerprint density at radius 3 is 2.17 bits per heavy atom. The summed E-state index contributed by atoms with van der Waals surface area (Å²) >= 11 is 24.1. The molecule has 2 aromatic carbocycles. The molecule has 0 fully saturated rings. The largest absolute Gasteiger partial charge is 0.392 e. The van der Waals surface area contributed by atoms with Gasteiger partial charge in [0, 0.05) is 15.6 Å². The molecule has 2 aromatic rings. The van der Waals surface area contributed by atoms with E-state index in [1.54, 1.807) is 30.3 Å². The molecule has 0 spiro atoms. The van der Waals surface area contributed by atoms with E-state index in [0.29, 0.717) is 31.2 Å². The van der Waals surface area contributed by atoms with E-state index in [2.05, 4.69) is 0 Å². The lowest BCUT2D eigenvalue weighted by molar-refractivity contribution is 0.282. The lowest BCUT2D eigenvalue weighted by Crippen LogP contribution is -1.87. The summed E-state index contributed by atoms with van der Waals surface area (Å²) in [4.78, 5) is 0. The molecule has 0 aliphatic heterocycles. The minimum Gasteiger partial charge on any atom is -0.392 e. The van der Waals surface area contributed by atoms with E-state index in [9.17, 15) is 0 Å². The van der Waals surface area contributed by atoms with E-state index < -0.39 is 0 Å². The highest BCUT2D eigenvalue weighted by molar-refractivity contribution is 6.45. The van der Waals surface area contributed by atoms with Crippen LogP contribution in [0, 0.1) is 0 Å². The quantitative estimate of drug-likeness (QED) is 0.728. The van der Waals surface area contributed by atoms with Crippen LogP contribution in [0.25, 0.3) is 11.1 Å². The number of halogens is 4. The molecule has 0 saturated heterocycles. The number of rotatable bonds is 2. The zero-order chi connectivity index (χ0) is 13.3. The summed E-state index contributed by atoms with van der Waals surface area (Å²) in [5, 5.41) is 11.0. The fraction of sp³-hybridized carbons (Fsp3) is 0.0769. The number of hydrogen-bond donors (Lipinski definition) is 1. The Hall–Kier alpha value is -0.440. The van der Waals surface area contributed by atoms with Crippen molar-refractivity contribution in [3.8, 4) is 11.1 Å². The van der Waals surface area contributed by atoms with Crippen LogP contribution < -0.4 is 0 Å². The molecule has 0 amide bonds. The van der Waals surface area contributed by atoms with Gasteiger partial charge in [0.2, 0.25) is 0 Å². The molecular weight excluding hydrogens is 314 g/mol. The van der Waals surface area contributed by atoms with E-state index >= 15 is 0 Å². The van der Waals surface area contributed by atoms with Crippen LogP contribution >= 0.6 is 46.4 Å². The molecule has 1 nitrogen and oxygen atoms in total. The van der Waals surface area contributed by atoms with Crippen molar-refractivity contribution >= 4 is 46.4 Å². The molecule has 0 unspecified atom stereocenters. The van der Waals surface area contributed by atoms with Crippen molar-refractivity contribution in [1.29, 1.82) is 0 Å². The van der Waals surface area contributed by atoms with Crippen LogP contribution in [-0.4, -0.2) is 5.11 Å². The Morgan fingerprint density at radius 2 is 1.50 bits per heavy atom. The Kier molecular flexibility index (Phi) is 4.41. The third-order valence-electron chi connectivity index (χ3n) is 2.44. The van der Waals surface area contributed by atoms with Crippen LogP contribution in [0.5, 0.6) is 0 Å². The molecule has 0 aliphatic carbocycles. The van der Waals surface area contributed by atoms with Gasteiger partial charge in [0.15, 0.2) is 0 Å². The van der Waals surface area contributed by atoms with Crippen molar-refractivity contribution in [3.05, 3.63) is 56.0 Å². The van der Waals surface area contributed by atoms with Gasteiger partial charge in [-0.1, -0.05) is 46.4 Å². The predicted octanol–water partition coefficient (Wildman–Crippen LogP) is 5.46. The first-order chi connectivity index (χ1) is 8.51. The van der Waals surface area contributed by atoms with Gasteiger partial charge in [0.05, 0.1) is 16.7 Å². The Balaban J connectivity index is 2.65. The van der Waals surface area contributed by atoms with Crippen LogP contribution in [-0.2, 0) is 6.61 Å². The monoisotopic (exact) mass is 320 g/mol. The van der Waals surface area contributed by atoms with E-state index in [0.717, 1.165) is 5.56 Å². The van der Waals surface area contributed by atoms with Crippen molar-refractivity contribution in [3.63, 3.8) is 0 Å². The zero-order valence-electron chi connectivity index (χ0n) is 9.05. The summed E-state index contributed by atoms with van der Waals surface area (Å²) in [6.45, 7) is -0.0977. The number of benzene rings is 2. The molecule has 2 rings (SSSR count). The van der Waals surface area contributed by atoms with Gasteiger partial charge in [-0.2, -0.15) is 0 Å². The lowest BCUT2D eigenvalue weighted by Gasteiger charge is -2.09. The number of hydrogen-bond acceptors (Lipinski definition) is 1. The zero-order valence-corrected chi connectivity index (χ0v) is 12.1. The van der Waals surface area contributed by atoms with Gasteiger partial charge in [-0.25, -0.2) is 0 Å². The maximum Gasteiger partial charge on any atom is 0.0682 e. The van der Waals surface area contributed by atoms with Gasteiger partial charge in [-0.05, 0) is 41.5 Å². The molecule has 5 heteroatoms. The van der Waals surface area contributed by atoms with Crippen LogP contribution in [0.2, 0.25) is 20.1 Å². The first-order valence-electron chi connectivity index (χ1n) is 5.06. The first kappa shape index (κ1) is 14.0. The van der Waals surface area contributed by atoms with Crippen molar-refractivity contribution in [1.82, 2.24) is 0 Å². The predicted molar refractivity (Wildman–Crippen MR) is 77.8 cm³/mol. The highest BCUT2D eigenvalue weighted by atomic mass is 35.5. The molecule has 1 N–H and O–H groups in total. The van der Waals surface area contributed by atoms with Gasteiger partial charge in [-0.3, -0.25) is 0 Å². The van der Waals surface area contributed by atoms with Gasteiger partial charge >= 0.3 is 0 Å². The third-order valence-corrected chi connectivity index (χ3v) is 3.68. The van der Waals surface area contributed by atoms with Crippen molar-refractivity contribution in [2.45, 2.75) is 6.61 Å². The fourth-order valence-corrected chi connectivity index (χ4v) is 2.63. The number of aliphatic hydroxyl groups is 1. The first-order valence-corrected chi connectivity index (χ1v) is 6.57. The van der Waals surface area contributed by atoms with Crippen LogP contribution in [0.3, 0.4) is 0 Å². The molecular formula is C13H8Cl4O. The summed E-state index contributed by atoms with van der Waals surface area (Å²) < 4.78 is 0. The minimum atomic E-state index is -0.0977. The van der Waals surface area contributed by atoms with Gasteiger partial charge in [0.1, 0.15) is 0 Å². The minimum absolute atomic E-state index is 0.0977. The Morgan fingerprint density at radius 1 is 0.833 bits per heavy atom. The molecule has 0 atom stereocenters. The van der Waals surface area contributed by atoms with Crippen LogP contribution in [0.1, 0.15) is 5.56 Å². The van der Waals surface area contributed by atoms with E-state index in [1.807, 2.05) is 0 Å². The highest BCUT2D eigenvalue weighted by Crippen LogP contribution is 2.37. The topological polar surface area (TPSA) is 20.2 Å². The second-order valence-corrected chi connectivity index (χ2v) is 5.41. The second-order valence-electron chi connectivity index (χ2n) is 3.76. The molecule has 0 aromatic heterocycles. The van der Waals surface area contributed by atoms with Crippen molar-refractivity contribution in [2.75, 3.05) is 0 Å². The van der Waals surface area contributed by atoms with Gasteiger partial charge < -0.3 is 5.11 Å². The molecule has 0 aliphatic rings. The Labute approximate surface area is 125 Å². The average Bonchev–Trinajstić information content (AvgIpc) is 2.32. The highest BCUT2D eigenvalue weighted by Gasteiger charge is 2.10. The Bertz CT molecular complexity index is 596. The van der Waals surface area contributed by atoms with E-state index in [4.69, 9.17) is 51.5 Å². The fourth-order valence-electron chi connectivity index (χ4n) is 1.66. The summed E-state index contributed by atoms with van der Waals surface area (Å²) in [5.41, 5.74) is 2.15. The van der Waals surface area contributed by atoms with Crippen molar-refractivity contribution in [2.24, 2.45) is 0 Å². The summed E-state index contributed by atoms with van der Waals surface area (Å²) in [7, 11) is 0. The third kappa shape index (κ3) is 2.93. The maximum atomic E-state index is 9.17. The summed E-state index contributed by atoms with van der Waals surface area (Å²) in [6, 6.07) is 8.51. The van der Waals surface area contributed by atoms with E-state index in [-0.39, 0.29) is 6.61 Å². The van der Waals surface area contributed by atoms with Crippen LogP contribution in [0.15, 0.2) is 30.3 Å². The molecule has 0 bridgehead atoms. The van der Waals surface area contributed by atoms with Gasteiger partial charge in [0.25, 0.3) is 0 Å². The SMILES string of the molecule is OCc1cc(Cl)cc(-c2cc(Cl)cc(Cl)c2Cl)c1. The molecule has 0 heterocycles. The van der Waals surface area contributed by atoms with Crippen LogP contribution in [0.4, 0.5) is 0 Å². The molecule has 94 valence electrons. The smallest absolute Gasteiger partial charge is 0.0682 e. The molecule has 0 radical (unpaired) electrons. The molecule has 18 heavy (non-hydrogen) atoms. The van der Waals surface area contributed by atoms with Crippen molar-refractivity contribution < 1.29 is 5.11 Å². The summed E-state index contributed by atoms with van der Waals surface area (Å²) in [5.74, 6) is 0. The maximum absolute atomic E-state index is 9.17. The second kappa shape index (κ2) is 5.68. The van der Waals surface area contributed by atoms with E-state index in [1.165, 1.54) is 0 Å². The average molecular weight is 322 g/mol.